The van der Waals surface area contributed by atoms with Crippen LogP contribution in [0.4, 0.5) is 0 Å². The van der Waals surface area contributed by atoms with Crippen LogP contribution in [0.25, 0.3) is 0 Å². The van der Waals surface area contributed by atoms with Crippen LogP contribution in [0.2, 0.25) is 0 Å². The summed E-state index contributed by atoms with van der Waals surface area (Å²) >= 11 is 0. The zero-order valence-corrected chi connectivity index (χ0v) is 9.18. The highest BCUT2D eigenvalue weighted by atomic mass is 16.5. The van der Waals surface area contributed by atoms with E-state index in [2.05, 4.69) is 4.99 Å². The second kappa shape index (κ2) is 3.96. The number of aliphatic imine (C=N–C) groups is 1. The molecule has 0 amide bonds. The number of aromatic carboxylic acids is 1. The standard InChI is InChI=1S/C12H13NO3/c1-7-11(16-8(2)13-7)9-3-5-10(6-4-9)12(14)15/h3-7,11H,1-2H3,(H,14,15). The van der Waals surface area contributed by atoms with Crippen molar-refractivity contribution in [3.63, 3.8) is 0 Å². The Balaban J connectivity index is 2.20. The topological polar surface area (TPSA) is 58.9 Å². The highest BCUT2D eigenvalue weighted by Crippen LogP contribution is 2.28. The first-order valence-electron chi connectivity index (χ1n) is 5.12. The summed E-state index contributed by atoms with van der Waals surface area (Å²) in [4.78, 5) is 15.0. The van der Waals surface area contributed by atoms with Gasteiger partial charge in [0, 0.05) is 6.92 Å². The quantitative estimate of drug-likeness (QED) is 0.830. The maximum absolute atomic E-state index is 10.7. The van der Waals surface area contributed by atoms with Crippen LogP contribution in [-0.2, 0) is 4.74 Å². The number of nitrogens with zero attached hydrogens (tertiary/aromatic N) is 1. The van der Waals surface area contributed by atoms with Gasteiger partial charge in [-0.05, 0) is 24.6 Å². The maximum atomic E-state index is 10.7. The maximum Gasteiger partial charge on any atom is 0.335 e. The number of benzene rings is 1. The van der Waals surface area contributed by atoms with Gasteiger partial charge in [-0.15, -0.1) is 0 Å². The second-order valence-electron chi connectivity index (χ2n) is 3.85. The Kier molecular flexibility index (Phi) is 2.64. The molecule has 84 valence electrons. The van der Waals surface area contributed by atoms with E-state index >= 15 is 0 Å². The normalized spacial score (nSPS) is 23.8. The third-order valence-electron chi connectivity index (χ3n) is 2.61. The van der Waals surface area contributed by atoms with Crippen LogP contribution in [0.5, 0.6) is 0 Å². The Bertz CT molecular complexity index is 436. The molecule has 0 fully saturated rings. The average molecular weight is 219 g/mol. The summed E-state index contributed by atoms with van der Waals surface area (Å²) in [5, 5.41) is 8.78. The molecule has 2 rings (SSSR count). The molecule has 4 heteroatoms. The smallest absolute Gasteiger partial charge is 0.335 e. The predicted molar refractivity (Wildman–Crippen MR) is 59.8 cm³/mol. The minimum Gasteiger partial charge on any atom is -0.478 e. The molecule has 0 spiro atoms. The zero-order chi connectivity index (χ0) is 11.7. The molecule has 1 heterocycles. The molecule has 4 nitrogen and oxygen atoms in total. The SMILES string of the molecule is CC1=NC(C)C(c2ccc(C(=O)O)cc2)O1. The van der Waals surface area contributed by atoms with Crippen molar-refractivity contribution in [2.75, 3.05) is 0 Å². The van der Waals surface area contributed by atoms with Crippen LogP contribution in [0.15, 0.2) is 29.3 Å². The summed E-state index contributed by atoms with van der Waals surface area (Å²) in [7, 11) is 0. The first-order valence-corrected chi connectivity index (χ1v) is 5.12. The number of rotatable bonds is 2. The summed E-state index contributed by atoms with van der Waals surface area (Å²) in [6.07, 6.45) is -0.0946. The molecule has 2 atom stereocenters. The van der Waals surface area contributed by atoms with E-state index < -0.39 is 5.97 Å². The van der Waals surface area contributed by atoms with Crippen molar-refractivity contribution in [3.05, 3.63) is 35.4 Å². The lowest BCUT2D eigenvalue weighted by Crippen LogP contribution is -2.10. The number of hydrogen-bond donors (Lipinski definition) is 1. The van der Waals surface area contributed by atoms with E-state index in [9.17, 15) is 4.79 Å². The first-order chi connectivity index (χ1) is 7.58. The summed E-state index contributed by atoms with van der Waals surface area (Å²) in [6, 6.07) is 6.80. The fourth-order valence-corrected chi connectivity index (χ4v) is 1.83. The molecule has 0 saturated carbocycles. The summed E-state index contributed by atoms with van der Waals surface area (Å²) in [5.41, 5.74) is 1.24. The second-order valence-corrected chi connectivity index (χ2v) is 3.85. The van der Waals surface area contributed by atoms with Crippen LogP contribution in [-0.4, -0.2) is 23.0 Å². The van der Waals surface area contributed by atoms with Gasteiger partial charge in [0.05, 0.1) is 11.6 Å². The number of hydrogen-bond acceptors (Lipinski definition) is 3. The Hall–Kier alpha value is -1.84. The third kappa shape index (κ3) is 1.91. The van der Waals surface area contributed by atoms with Gasteiger partial charge < -0.3 is 9.84 Å². The molecule has 1 N–H and O–H groups in total. The molecular formula is C12H13NO3. The first kappa shape index (κ1) is 10.7. The minimum atomic E-state index is -0.917. The molecule has 0 radical (unpaired) electrons. The van der Waals surface area contributed by atoms with Crippen molar-refractivity contribution in [1.82, 2.24) is 0 Å². The molecule has 1 aliphatic heterocycles. The predicted octanol–water partition coefficient (Wildman–Crippen LogP) is 2.26. The third-order valence-corrected chi connectivity index (χ3v) is 2.61. The van der Waals surface area contributed by atoms with Crippen LogP contribution in [0.3, 0.4) is 0 Å². The Morgan fingerprint density at radius 1 is 1.38 bits per heavy atom. The highest BCUT2D eigenvalue weighted by Gasteiger charge is 2.26. The fourth-order valence-electron chi connectivity index (χ4n) is 1.83. The monoisotopic (exact) mass is 219 g/mol. The summed E-state index contributed by atoms with van der Waals surface area (Å²) in [5.74, 6) is -0.237. The van der Waals surface area contributed by atoms with Crippen LogP contribution < -0.4 is 0 Å². The van der Waals surface area contributed by atoms with E-state index in [-0.39, 0.29) is 17.7 Å². The van der Waals surface area contributed by atoms with Gasteiger partial charge in [-0.1, -0.05) is 12.1 Å². The number of carboxylic acids is 1. The van der Waals surface area contributed by atoms with Gasteiger partial charge in [0.15, 0.2) is 5.90 Å². The zero-order valence-electron chi connectivity index (χ0n) is 9.18. The molecule has 1 aliphatic rings. The van der Waals surface area contributed by atoms with Crippen molar-refractivity contribution in [2.24, 2.45) is 4.99 Å². The lowest BCUT2D eigenvalue weighted by molar-refractivity contribution is 0.0696. The molecule has 1 aromatic carbocycles. The average Bonchev–Trinajstić information content (AvgIpc) is 2.58. The van der Waals surface area contributed by atoms with E-state index in [1.165, 1.54) is 0 Å². The molecule has 0 aromatic heterocycles. The van der Waals surface area contributed by atoms with Gasteiger partial charge in [-0.3, -0.25) is 0 Å². The van der Waals surface area contributed by atoms with Crippen molar-refractivity contribution < 1.29 is 14.6 Å². The van der Waals surface area contributed by atoms with Crippen LogP contribution in [0.1, 0.15) is 35.9 Å². The van der Waals surface area contributed by atoms with Crippen molar-refractivity contribution in [1.29, 1.82) is 0 Å². The number of carbonyl (C=O) groups is 1. The van der Waals surface area contributed by atoms with Gasteiger partial charge in [-0.2, -0.15) is 0 Å². The largest absolute Gasteiger partial charge is 0.478 e. The van der Waals surface area contributed by atoms with Gasteiger partial charge in [0.25, 0.3) is 0 Å². The fraction of sp³-hybridized carbons (Fsp3) is 0.333. The molecular weight excluding hydrogens is 206 g/mol. The van der Waals surface area contributed by atoms with E-state index in [4.69, 9.17) is 9.84 Å². The van der Waals surface area contributed by atoms with E-state index in [0.29, 0.717) is 5.90 Å². The number of carboxylic acid groups (broad SMARTS) is 1. The number of ether oxygens (including phenoxy) is 1. The molecule has 0 bridgehead atoms. The van der Waals surface area contributed by atoms with E-state index in [0.717, 1.165) is 5.56 Å². The van der Waals surface area contributed by atoms with Crippen molar-refractivity contribution >= 4 is 11.9 Å². The Morgan fingerprint density at radius 2 is 2.00 bits per heavy atom. The van der Waals surface area contributed by atoms with Crippen LogP contribution in [0, 0.1) is 0 Å². The lowest BCUT2D eigenvalue weighted by Gasteiger charge is -2.14. The van der Waals surface area contributed by atoms with Gasteiger partial charge in [0.1, 0.15) is 6.10 Å². The van der Waals surface area contributed by atoms with Gasteiger partial charge in [0.2, 0.25) is 0 Å². The van der Waals surface area contributed by atoms with E-state index in [1.807, 2.05) is 13.8 Å². The Labute approximate surface area is 93.6 Å². The molecule has 0 saturated heterocycles. The van der Waals surface area contributed by atoms with Crippen molar-refractivity contribution in [3.8, 4) is 0 Å². The molecule has 16 heavy (non-hydrogen) atoms. The van der Waals surface area contributed by atoms with Gasteiger partial charge in [-0.25, -0.2) is 9.79 Å². The summed E-state index contributed by atoms with van der Waals surface area (Å²) in [6.45, 7) is 3.80. The van der Waals surface area contributed by atoms with Gasteiger partial charge >= 0.3 is 5.97 Å². The Morgan fingerprint density at radius 3 is 2.44 bits per heavy atom. The highest BCUT2D eigenvalue weighted by molar-refractivity contribution is 5.87. The van der Waals surface area contributed by atoms with Crippen molar-refractivity contribution in [2.45, 2.75) is 26.0 Å². The van der Waals surface area contributed by atoms with E-state index in [1.54, 1.807) is 24.3 Å². The molecule has 2 unspecified atom stereocenters. The summed E-state index contributed by atoms with van der Waals surface area (Å²) < 4.78 is 5.56. The van der Waals surface area contributed by atoms with Crippen LogP contribution >= 0.6 is 0 Å². The molecule has 1 aromatic rings. The minimum absolute atomic E-state index is 0.0793. The molecule has 0 aliphatic carbocycles. The lowest BCUT2D eigenvalue weighted by atomic mass is 10.0.